The van der Waals surface area contributed by atoms with Gasteiger partial charge in [-0.15, -0.1) is 0 Å². The zero-order valence-electron chi connectivity index (χ0n) is 19.9. The van der Waals surface area contributed by atoms with Crippen LogP contribution >= 0.6 is 11.6 Å². The lowest BCUT2D eigenvalue weighted by atomic mass is 9.71. The van der Waals surface area contributed by atoms with E-state index in [0.29, 0.717) is 13.1 Å². The number of aryl methyl sites for hydroxylation is 1. The molecule has 0 radical (unpaired) electrons. The van der Waals surface area contributed by atoms with E-state index in [4.69, 9.17) is 17.3 Å². The molecule has 1 saturated heterocycles. The molecule has 0 unspecified atom stereocenters. The Morgan fingerprint density at radius 2 is 2.00 bits per heavy atom. The van der Waals surface area contributed by atoms with Crippen LogP contribution in [0.1, 0.15) is 28.4 Å². The van der Waals surface area contributed by atoms with E-state index >= 15 is 8.78 Å². The van der Waals surface area contributed by atoms with Crippen LogP contribution in [-0.2, 0) is 17.3 Å². The second-order valence-electron chi connectivity index (χ2n) is 9.51. The summed E-state index contributed by atoms with van der Waals surface area (Å²) in [6, 6.07) is 4.12. The molecule has 13 heteroatoms. The molecular weight excluding hydrogens is 511 g/mol. The minimum Gasteiger partial charge on any atom is -0.369 e. The van der Waals surface area contributed by atoms with Crippen molar-refractivity contribution < 1.29 is 22.8 Å². The number of likely N-dealkylation sites (tertiary alicyclic amines) is 1. The number of hydrogen-bond acceptors (Lipinski definition) is 6. The molecule has 0 saturated carbocycles. The van der Waals surface area contributed by atoms with Crippen LogP contribution < -0.4 is 16.0 Å². The van der Waals surface area contributed by atoms with Crippen molar-refractivity contribution in [2.45, 2.75) is 18.4 Å². The number of nitrogens with zero attached hydrogens (tertiary/aromatic N) is 5. The molecule has 2 aliphatic heterocycles. The fraction of sp³-hybridized carbons (Fsp3) is 0.333. The lowest BCUT2D eigenvalue weighted by Gasteiger charge is -2.42. The summed E-state index contributed by atoms with van der Waals surface area (Å²) in [5, 5.41) is 6.85. The molecule has 3 N–H and O–H groups in total. The molecule has 2 amide bonds. The quantitative estimate of drug-likeness (QED) is 0.504. The Labute approximate surface area is 215 Å². The Hall–Kier alpha value is -3.64. The average molecular weight is 534 g/mol. The zero-order chi connectivity index (χ0) is 26.6. The van der Waals surface area contributed by atoms with Gasteiger partial charge >= 0.3 is 0 Å². The van der Waals surface area contributed by atoms with Gasteiger partial charge in [-0.3, -0.25) is 24.1 Å². The first-order valence-corrected chi connectivity index (χ1v) is 11.8. The third kappa shape index (κ3) is 4.19. The molecule has 1 fully saturated rings. The monoisotopic (exact) mass is 533 g/mol. The van der Waals surface area contributed by atoms with E-state index in [0.717, 1.165) is 11.1 Å². The highest BCUT2D eigenvalue weighted by atomic mass is 35.5. The van der Waals surface area contributed by atoms with Crippen molar-refractivity contribution in [2.75, 3.05) is 36.4 Å². The molecule has 9 nitrogen and oxygen atoms in total. The number of halogens is 4. The standard InChI is InChI=1S/C24H23ClF3N7O2/c1-24(14-4-3-5-15(25)19(14)27)11-35(22-16(26)9-33(2)32-22)23(37)13-6-30-21(20(28)18(13)24)31-12-7-34(8-12)10-17(29)36/h3-6,9,12H,7-8,10-11H2,1-2H3,(H2,29,36)(H,30,31)/t24-/m1/s1. The van der Waals surface area contributed by atoms with E-state index in [1.807, 2.05) is 0 Å². The predicted molar refractivity (Wildman–Crippen MR) is 130 cm³/mol. The van der Waals surface area contributed by atoms with Gasteiger partial charge < -0.3 is 11.1 Å². The maximum atomic E-state index is 16.1. The van der Waals surface area contributed by atoms with Crippen LogP contribution in [0.5, 0.6) is 0 Å². The highest BCUT2D eigenvalue weighted by molar-refractivity contribution is 6.30. The SMILES string of the molecule is Cn1cc(F)c(N2C[C@](C)(c3cccc(Cl)c3F)c3c(cnc(NC4CN(CC(N)=O)C4)c3F)C2=O)n1. The molecule has 5 rings (SSSR count). The molecule has 0 spiro atoms. The van der Waals surface area contributed by atoms with E-state index in [1.165, 1.54) is 36.1 Å². The third-order valence-corrected chi connectivity index (χ3v) is 7.06. The number of primary amides is 1. The van der Waals surface area contributed by atoms with Crippen molar-refractivity contribution in [2.24, 2.45) is 12.8 Å². The van der Waals surface area contributed by atoms with Crippen molar-refractivity contribution in [1.29, 1.82) is 0 Å². The van der Waals surface area contributed by atoms with Crippen molar-refractivity contribution in [3.8, 4) is 0 Å². The van der Waals surface area contributed by atoms with Gasteiger partial charge in [0.1, 0.15) is 5.82 Å². The third-order valence-electron chi connectivity index (χ3n) is 6.77. The van der Waals surface area contributed by atoms with Crippen LogP contribution in [0, 0.1) is 17.5 Å². The van der Waals surface area contributed by atoms with Crippen LogP contribution in [0.25, 0.3) is 0 Å². The highest BCUT2D eigenvalue weighted by Gasteiger charge is 2.47. The van der Waals surface area contributed by atoms with Gasteiger partial charge in [0.05, 0.1) is 29.4 Å². The number of fused-ring (bicyclic) bond motifs is 1. The normalized spacial score (nSPS) is 20.1. The molecule has 37 heavy (non-hydrogen) atoms. The van der Waals surface area contributed by atoms with Gasteiger partial charge in [-0.2, -0.15) is 5.10 Å². The van der Waals surface area contributed by atoms with Gasteiger partial charge in [0.2, 0.25) is 5.91 Å². The van der Waals surface area contributed by atoms with Gasteiger partial charge in [-0.1, -0.05) is 23.7 Å². The Bertz CT molecular complexity index is 1430. The predicted octanol–water partition coefficient (Wildman–Crippen LogP) is 2.43. The van der Waals surface area contributed by atoms with Crippen molar-refractivity contribution in [3.63, 3.8) is 0 Å². The van der Waals surface area contributed by atoms with Crippen LogP contribution in [0.3, 0.4) is 0 Å². The van der Waals surface area contributed by atoms with E-state index in [1.54, 1.807) is 11.8 Å². The van der Waals surface area contributed by atoms with Crippen LogP contribution in [0.2, 0.25) is 5.02 Å². The number of anilines is 2. The summed E-state index contributed by atoms with van der Waals surface area (Å²) in [7, 11) is 1.50. The minimum atomic E-state index is -1.48. The maximum Gasteiger partial charge on any atom is 0.261 e. The number of nitrogens with two attached hydrogens (primary N) is 1. The number of pyridine rings is 1. The maximum absolute atomic E-state index is 16.1. The van der Waals surface area contributed by atoms with Crippen LogP contribution in [-0.4, -0.2) is 63.7 Å². The summed E-state index contributed by atoms with van der Waals surface area (Å²) in [4.78, 5) is 31.5. The van der Waals surface area contributed by atoms with Crippen LogP contribution in [0.4, 0.5) is 24.8 Å². The van der Waals surface area contributed by atoms with E-state index in [-0.39, 0.29) is 52.5 Å². The Morgan fingerprint density at radius 3 is 2.65 bits per heavy atom. The lowest BCUT2D eigenvalue weighted by molar-refractivity contribution is -0.120. The molecule has 4 heterocycles. The summed E-state index contributed by atoms with van der Waals surface area (Å²) in [6.45, 7) is 2.21. The van der Waals surface area contributed by atoms with E-state index in [2.05, 4.69) is 15.4 Å². The minimum absolute atomic E-state index is 0.0300. The molecule has 1 atom stereocenters. The summed E-state index contributed by atoms with van der Waals surface area (Å²) in [5.41, 5.74) is 3.52. The molecule has 3 aromatic rings. The van der Waals surface area contributed by atoms with Gasteiger partial charge in [0.25, 0.3) is 5.91 Å². The Kier molecular flexibility index (Phi) is 6.11. The second kappa shape index (κ2) is 9.03. The van der Waals surface area contributed by atoms with Crippen molar-refractivity contribution in [1.82, 2.24) is 19.7 Å². The topological polar surface area (TPSA) is 109 Å². The van der Waals surface area contributed by atoms with Gasteiger partial charge in [0, 0.05) is 49.4 Å². The molecule has 1 aromatic carbocycles. The summed E-state index contributed by atoms with van der Waals surface area (Å²) < 4.78 is 47.4. The van der Waals surface area contributed by atoms with Gasteiger partial charge in [0.15, 0.2) is 23.3 Å². The lowest BCUT2D eigenvalue weighted by Crippen LogP contribution is -2.57. The first-order chi connectivity index (χ1) is 17.5. The molecule has 2 aliphatic rings. The summed E-state index contributed by atoms with van der Waals surface area (Å²) in [5.74, 6) is -3.95. The van der Waals surface area contributed by atoms with Crippen molar-refractivity contribution in [3.05, 3.63) is 69.8 Å². The molecule has 0 aliphatic carbocycles. The Balaban J connectivity index is 1.60. The molecule has 194 valence electrons. The first kappa shape index (κ1) is 25.0. The van der Waals surface area contributed by atoms with E-state index in [9.17, 15) is 14.0 Å². The first-order valence-electron chi connectivity index (χ1n) is 11.4. The number of carbonyl (C=O) groups excluding carboxylic acids is 2. The largest absolute Gasteiger partial charge is 0.369 e. The zero-order valence-corrected chi connectivity index (χ0v) is 20.7. The number of hydrogen-bond donors (Lipinski definition) is 2. The van der Waals surface area contributed by atoms with Crippen LogP contribution in [0.15, 0.2) is 30.6 Å². The average Bonchev–Trinajstić information content (AvgIpc) is 3.14. The highest BCUT2D eigenvalue weighted by Crippen LogP contribution is 2.45. The van der Waals surface area contributed by atoms with Gasteiger partial charge in [-0.05, 0) is 13.0 Å². The number of rotatable bonds is 6. The fourth-order valence-corrected chi connectivity index (χ4v) is 5.23. The summed E-state index contributed by atoms with van der Waals surface area (Å²) in [6.07, 6.45) is 2.29. The molecule has 0 bridgehead atoms. The smallest absolute Gasteiger partial charge is 0.261 e. The number of carbonyl (C=O) groups is 2. The molecule has 2 aromatic heterocycles. The molecular formula is C24H23ClF3N7O2. The van der Waals surface area contributed by atoms with Crippen molar-refractivity contribution >= 4 is 35.1 Å². The number of benzene rings is 1. The Morgan fingerprint density at radius 1 is 1.27 bits per heavy atom. The number of amides is 2. The van der Waals surface area contributed by atoms with E-state index < -0.39 is 34.7 Å². The summed E-state index contributed by atoms with van der Waals surface area (Å²) >= 11 is 6.06. The van der Waals surface area contributed by atoms with Gasteiger partial charge in [-0.25, -0.2) is 18.2 Å². The number of aromatic nitrogens is 3. The second-order valence-corrected chi connectivity index (χ2v) is 9.92. The number of nitrogens with one attached hydrogen (secondary N) is 1. The fourth-order valence-electron chi connectivity index (χ4n) is 5.06.